The second-order valence-corrected chi connectivity index (χ2v) is 7.65. The zero-order valence-corrected chi connectivity index (χ0v) is 18.0. The summed E-state index contributed by atoms with van der Waals surface area (Å²) < 4.78 is 6.95. The minimum absolute atomic E-state index is 0.388. The Morgan fingerprint density at radius 3 is 2.52 bits per heavy atom. The highest BCUT2D eigenvalue weighted by atomic mass is 32.1. The van der Waals surface area contributed by atoms with Crippen LogP contribution < -0.4 is 5.32 Å². The highest BCUT2D eigenvalue weighted by molar-refractivity contribution is 7.14. The number of rotatable bonds is 6. The molecular weight excluding hydrogens is 388 g/mol. The van der Waals surface area contributed by atoms with Crippen LogP contribution in [-0.2, 0) is 23.0 Å². The topological polar surface area (TPSA) is 86.1 Å². The molecule has 0 fully saturated rings. The van der Waals surface area contributed by atoms with Crippen LogP contribution >= 0.6 is 11.3 Å². The smallest absolute Gasteiger partial charge is 0.342 e. The van der Waals surface area contributed by atoms with Crippen molar-refractivity contribution in [2.45, 2.75) is 40.2 Å². The first-order valence-electron chi connectivity index (χ1n) is 9.37. The summed E-state index contributed by atoms with van der Waals surface area (Å²) in [5.41, 5.74) is 4.69. The number of carbonyl (C=O) groups excluding carboxylic acids is 2. The molecule has 3 aromatic rings. The maximum absolute atomic E-state index is 12.4. The highest BCUT2D eigenvalue weighted by Gasteiger charge is 2.24. The van der Waals surface area contributed by atoms with Crippen LogP contribution in [0, 0.1) is 13.8 Å². The summed E-state index contributed by atoms with van der Waals surface area (Å²) in [7, 11) is 1.76. The molecule has 0 saturated carbocycles. The molecule has 152 valence electrons. The van der Waals surface area contributed by atoms with Gasteiger partial charge in [0.15, 0.2) is 11.2 Å². The average molecular weight is 413 g/mol. The number of hydrogen-bond donors (Lipinski definition) is 1. The van der Waals surface area contributed by atoms with Crippen molar-refractivity contribution in [3.05, 3.63) is 52.2 Å². The molecule has 3 rings (SSSR count). The van der Waals surface area contributed by atoms with Gasteiger partial charge in [0, 0.05) is 23.7 Å². The van der Waals surface area contributed by atoms with E-state index in [1.165, 1.54) is 23.8 Å². The van der Waals surface area contributed by atoms with E-state index in [4.69, 9.17) is 4.74 Å². The fourth-order valence-corrected chi connectivity index (χ4v) is 3.65. The number of nitrogens with zero attached hydrogens (tertiary/aromatic N) is 3. The average Bonchev–Trinajstić information content (AvgIpc) is 3.25. The zero-order chi connectivity index (χ0) is 21.1. The fourth-order valence-electron chi connectivity index (χ4n) is 2.92. The Morgan fingerprint density at radius 2 is 1.93 bits per heavy atom. The lowest BCUT2D eigenvalue weighted by Gasteiger charge is -2.12. The van der Waals surface area contributed by atoms with Gasteiger partial charge in [0.05, 0.1) is 11.4 Å². The third-order valence-electron chi connectivity index (χ3n) is 4.76. The first-order valence-corrected chi connectivity index (χ1v) is 10.2. The van der Waals surface area contributed by atoms with Crippen LogP contribution in [0.25, 0.3) is 11.3 Å². The van der Waals surface area contributed by atoms with Gasteiger partial charge in [-0.15, -0.1) is 11.3 Å². The van der Waals surface area contributed by atoms with Crippen LogP contribution in [0.3, 0.4) is 0 Å². The molecule has 1 atom stereocenters. The van der Waals surface area contributed by atoms with Crippen molar-refractivity contribution in [3.63, 3.8) is 0 Å². The van der Waals surface area contributed by atoms with Gasteiger partial charge in [-0.25, -0.2) is 9.78 Å². The van der Waals surface area contributed by atoms with E-state index in [-0.39, 0.29) is 0 Å². The van der Waals surface area contributed by atoms with Gasteiger partial charge in [0.1, 0.15) is 5.56 Å². The Labute approximate surface area is 173 Å². The summed E-state index contributed by atoms with van der Waals surface area (Å²) in [6, 6.07) is 8.17. The molecule has 1 unspecified atom stereocenters. The molecule has 0 aliphatic carbocycles. The van der Waals surface area contributed by atoms with E-state index >= 15 is 0 Å². The molecule has 1 N–H and O–H groups in total. The van der Waals surface area contributed by atoms with Gasteiger partial charge < -0.3 is 4.74 Å². The molecule has 29 heavy (non-hydrogen) atoms. The Balaban J connectivity index is 1.64. The van der Waals surface area contributed by atoms with Gasteiger partial charge >= 0.3 is 5.97 Å². The van der Waals surface area contributed by atoms with Gasteiger partial charge in [-0.1, -0.05) is 31.2 Å². The predicted octanol–water partition coefficient (Wildman–Crippen LogP) is 3.91. The van der Waals surface area contributed by atoms with Crippen LogP contribution in [0.5, 0.6) is 0 Å². The van der Waals surface area contributed by atoms with Crippen molar-refractivity contribution in [1.82, 2.24) is 14.8 Å². The number of aryl methyl sites for hydroxylation is 3. The van der Waals surface area contributed by atoms with Crippen LogP contribution in [-0.4, -0.2) is 32.7 Å². The molecule has 0 spiro atoms. The molecule has 0 bridgehead atoms. The predicted molar refractivity (Wildman–Crippen MR) is 113 cm³/mol. The third kappa shape index (κ3) is 4.54. The number of aromatic nitrogens is 3. The number of carbonyl (C=O) groups is 2. The highest BCUT2D eigenvalue weighted by Crippen LogP contribution is 2.25. The first kappa shape index (κ1) is 20.7. The van der Waals surface area contributed by atoms with E-state index in [2.05, 4.69) is 34.5 Å². The van der Waals surface area contributed by atoms with Crippen LogP contribution in [0.15, 0.2) is 29.6 Å². The van der Waals surface area contributed by atoms with Gasteiger partial charge in [0.25, 0.3) is 5.91 Å². The molecule has 0 aliphatic heterocycles. The van der Waals surface area contributed by atoms with E-state index < -0.39 is 18.0 Å². The van der Waals surface area contributed by atoms with E-state index in [1.807, 2.05) is 17.5 Å². The lowest BCUT2D eigenvalue weighted by molar-refractivity contribution is -0.123. The van der Waals surface area contributed by atoms with Crippen LogP contribution in [0.1, 0.15) is 41.2 Å². The standard InChI is InChI=1S/C21H24N4O3S/c1-6-15-7-9-16(10-8-15)17-11-29-21(22-17)23-19(26)14(4)28-20(27)18-12(2)24-25(5)13(18)3/h7-11,14H,6H2,1-5H3,(H,22,23,26). The fraction of sp³-hybridized carbons (Fsp3) is 0.333. The number of esters is 1. The minimum Gasteiger partial charge on any atom is -0.449 e. The molecule has 8 heteroatoms. The molecule has 1 amide bonds. The molecular formula is C21H24N4O3S. The van der Waals surface area contributed by atoms with Crippen molar-refractivity contribution in [1.29, 1.82) is 0 Å². The largest absolute Gasteiger partial charge is 0.449 e. The summed E-state index contributed by atoms with van der Waals surface area (Å²) >= 11 is 1.33. The molecule has 2 aromatic heterocycles. The zero-order valence-electron chi connectivity index (χ0n) is 17.1. The van der Waals surface area contributed by atoms with Gasteiger partial charge in [-0.2, -0.15) is 5.10 Å². The molecule has 7 nitrogen and oxygen atoms in total. The Morgan fingerprint density at radius 1 is 1.24 bits per heavy atom. The number of ether oxygens (including phenoxy) is 1. The summed E-state index contributed by atoms with van der Waals surface area (Å²) in [5.74, 6) is -0.994. The lowest BCUT2D eigenvalue weighted by atomic mass is 10.1. The van der Waals surface area contributed by atoms with Crippen LogP contribution in [0.4, 0.5) is 5.13 Å². The Hall–Kier alpha value is -3.00. The van der Waals surface area contributed by atoms with Gasteiger partial charge in [-0.05, 0) is 32.8 Å². The molecule has 2 heterocycles. The third-order valence-corrected chi connectivity index (χ3v) is 5.52. The second-order valence-electron chi connectivity index (χ2n) is 6.79. The normalized spacial score (nSPS) is 11.9. The van der Waals surface area contributed by atoms with Crippen molar-refractivity contribution in [2.75, 3.05) is 5.32 Å². The maximum atomic E-state index is 12.4. The minimum atomic E-state index is -0.960. The number of thiazole rings is 1. The Bertz CT molecular complexity index is 1040. The number of nitrogens with one attached hydrogen (secondary N) is 1. The lowest BCUT2D eigenvalue weighted by Crippen LogP contribution is -2.30. The van der Waals surface area contributed by atoms with Crippen LogP contribution in [0.2, 0.25) is 0 Å². The summed E-state index contributed by atoms with van der Waals surface area (Å²) in [4.78, 5) is 29.3. The maximum Gasteiger partial charge on any atom is 0.342 e. The van der Waals surface area contributed by atoms with Gasteiger partial charge in [0.2, 0.25) is 0 Å². The summed E-state index contributed by atoms with van der Waals surface area (Å²) in [6.07, 6.45) is 0.0190. The molecule has 1 aromatic carbocycles. The summed E-state index contributed by atoms with van der Waals surface area (Å²) in [5, 5.41) is 9.26. The van der Waals surface area contributed by atoms with Gasteiger partial charge in [-0.3, -0.25) is 14.8 Å². The monoisotopic (exact) mass is 412 g/mol. The first-order chi connectivity index (χ1) is 13.8. The van der Waals surface area contributed by atoms with Crippen molar-refractivity contribution in [2.24, 2.45) is 7.05 Å². The number of hydrogen-bond acceptors (Lipinski definition) is 6. The SMILES string of the molecule is CCc1ccc(-c2csc(NC(=O)C(C)OC(=O)c3c(C)nn(C)c3C)n2)cc1. The van der Waals surface area contributed by atoms with Crippen molar-refractivity contribution in [3.8, 4) is 11.3 Å². The number of anilines is 1. The van der Waals surface area contributed by atoms with E-state index in [0.29, 0.717) is 22.1 Å². The summed E-state index contributed by atoms with van der Waals surface area (Å²) in [6.45, 7) is 7.16. The van der Waals surface area contributed by atoms with E-state index in [9.17, 15) is 9.59 Å². The molecule has 0 radical (unpaired) electrons. The number of benzene rings is 1. The second kappa shape index (κ2) is 8.57. The number of amides is 1. The molecule has 0 aliphatic rings. The Kier molecular flexibility index (Phi) is 6.12. The van der Waals surface area contributed by atoms with E-state index in [1.54, 1.807) is 25.6 Å². The molecule has 0 saturated heterocycles. The van der Waals surface area contributed by atoms with E-state index in [0.717, 1.165) is 17.7 Å². The van der Waals surface area contributed by atoms with Crippen molar-refractivity contribution < 1.29 is 14.3 Å². The van der Waals surface area contributed by atoms with Crippen molar-refractivity contribution >= 4 is 28.3 Å². The quantitative estimate of drug-likeness (QED) is 0.621.